The van der Waals surface area contributed by atoms with Crippen LogP contribution >= 0.6 is 15.9 Å². The van der Waals surface area contributed by atoms with Crippen molar-refractivity contribution in [2.45, 2.75) is 6.92 Å². The fourth-order valence-corrected chi connectivity index (χ4v) is 1.94. The Balaban J connectivity index is 2.23. The molecule has 0 heterocycles. The summed E-state index contributed by atoms with van der Waals surface area (Å²) in [6.07, 6.45) is 0. The van der Waals surface area contributed by atoms with E-state index in [0.717, 1.165) is 15.7 Å². The van der Waals surface area contributed by atoms with Crippen LogP contribution in [0.5, 0.6) is 0 Å². The van der Waals surface area contributed by atoms with Crippen molar-refractivity contribution in [3.63, 3.8) is 0 Å². The van der Waals surface area contributed by atoms with E-state index in [-0.39, 0.29) is 5.91 Å². The van der Waals surface area contributed by atoms with Crippen molar-refractivity contribution in [2.75, 3.05) is 11.9 Å². The highest BCUT2D eigenvalue weighted by molar-refractivity contribution is 9.10. The van der Waals surface area contributed by atoms with Gasteiger partial charge in [-0.1, -0.05) is 33.6 Å². The maximum absolute atomic E-state index is 12.3. The Hall–Kier alpha value is -1.61. The van der Waals surface area contributed by atoms with Crippen molar-refractivity contribution in [3.8, 4) is 0 Å². The lowest BCUT2D eigenvalue weighted by molar-refractivity contribution is 0.0993. The summed E-state index contributed by atoms with van der Waals surface area (Å²) in [4.78, 5) is 13.9. The second kappa shape index (κ2) is 5.36. The molecule has 2 nitrogen and oxygen atoms in total. The molecular formula is C15H14BrNO. The molecule has 18 heavy (non-hydrogen) atoms. The van der Waals surface area contributed by atoms with E-state index in [1.807, 2.05) is 55.5 Å². The minimum absolute atomic E-state index is 0.00248. The first kappa shape index (κ1) is 12.8. The molecule has 0 bridgehead atoms. The number of hydrogen-bond acceptors (Lipinski definition) is 1. The second-order valence-electron chi connectivity index (χ2n) is 4.21. The number of anilines is 1. The number of benzene rings is 2. The number of carbonyl (C=O) groups excluding carboxylic acids is 1. The van der Waals surface area contributed by atoms with Crippen LogP contribution in [0.4, 0.5) is 5.69 Å². The van der Waals surface area contributed by atoms with E-state index in [4.69, 9.17) is 0 Å². The lowest BCUT2D eigenvalue weighted by Crippen LogP contribution is -2.26. The van der Waals surface area contributed by atoms with Crippen molar-refractivity contribution < 1.29 is 4.79 Å². The van der Waals surface area contributed by atoms with Gasteiger partial charge in [-0.05, 0) is 43.3 Å². The van der Waals surface area contributed by atoms with Crippen LogP contribution in [0.3, 0.4) is 0 Å². The summed E-state index contributed by atoms with van der Waals surface area (Å²) in [5.74, 6) is -0.00248. The Bertz CT molecular complexity index is 546. The van der Waals surface area contributed by atoms with Crippen LogP contribution in [-0.4, -0.2) is 13.0 Å². The Morgan fingerprint density at radius 3 is 2.11 bits per heavy atom. The lowest BCUT2D eigenvalue weighted by atomic mass is 10.1. The lowest BCUT2D eigenvalue weighted by Gasteiger charge is -2.17. The van der Waals surface area contributed by atoms with E-state index < -0.39 is 0 Å². The van der Waals surface area contributed by atoms with Crippen molar-refractivity contribution in [3.05, 3.63) is 64.1 Å². The van der Waals surface area contributed by atoms with Crippen molar-refractivity contribution in [2.24, 2.45) is 0 Å². The predicted molar refractivity (Wildman–Crippen MR) is 78.1 cm³/mol. The van der Waals surface area contributed by atoms with Gasteiger partial charge in [0.1, 0.15) is 0 Å². The summed E-state index contributed by atoms with van der Waals surface area (Å²) in [5, 5.41) is 0. The van der Waals surface area contributed by atoms with E-state index >= 15 is 0 Å². The molecule has 0 aliphatic heterocycles. The molecule has 2 aromatic rings. The third-order valence-electron chi connectivity index (χ3n) is 2.82. The Labute approximate surface area is 115 Å². The molecule has 0 fully saturated rings. The average molecular weight is 304 g/mol. The highest BCUT2D eigenvalue weighted by atomic mass is 79.9. The number of aryl methyl sites for hydroxylation is 1. The molecule has 0 N–H and O–H groups in total. The van der Waals surface area contributed by atoms with Gasteiger partial charge in [0.25, 0.3) is 5.91 Å². The molecule has 0 saturated carbocycles. The van der Waals surface area contributed by atoms with Gasteiger partial charge in [0.2, 0.25) is 0 Å². The fraction of sp³-hybridized carbons (Fsp3) is 0.133. The first-order chi connectivity index (χ1) is 8.58. The summed E-state index contributed by atoms with van der Waals surface area (Å²) >= 11 is 3.38. The molecule has 0 spiro atoms. The number of rotatable bonds is 2. The maximum atomic E-state index is 12.3. The molecule has 0 atom stereocenters. The van der Waals surface area contributed by atoms with Gasteiger partial charge in [-0.15, -0.1) is 0 Å². The van der Waals surface area contributed by atoms with E-state index in [1.54, 1.807) is 11.9 Å². The number of carbonyl (C=O) groups is 1. The van der Waals surface area contributed by atoms with Gasteiger partial charge in [-0.3, -0.25) is 4.79 Å². The van der Waals surface area contributed by atoms with Crippen molar-refractivity contribution in [1.82, 2.24) is 0 Å². The SMILES string of the molecule is Cc1ccc(C(=O)N(C)c2ccc(Br)cc2)cc1. The predicted octanol–water partition coefficient (Wildman–Crippen LogP) is 4.03. The molecule has 3 heteroatoms. The van der Waals surface area contributed by atoms with E-state index in [0.29, 0.717) is 5.56 Å². The molecule has 0 saturated heterocycles. The highest BCUT2D eigenvalue weighted by Crippen LogP contribution is 2.19. The molecule has 2 rings (SSSR count). The summed E-state index contributed by atoms with van der Waals surface area (Å²) in [6.45, 7) is 2.01. The minimum Gasteiger partial charge on any atom is -0.311 e. The highest BCUT2D eigenvalue weighted by Gasteiger charge is 2.12. The number of hydrogen-bond donors (Lipinski definition) is 0. The Morgan fingerprint density at radius 1 is 1.00 bits per heavy atom. The molecular weight excluding hydrogens is 290 g/mol. The molecule has 92 valence electrons. The molecule has 1 amide bonds. The van der Waals surface area contributed by atoms with Crippen LogP contribution in [-0.2, 0) is 0 Å². The van der Waals surface area contributed by atoms with E-state index in [1.165, 1.54) is 0 Å². The van der Waals surface area contributed by atoms with Crippen molar-refractivity contribution in [1.29, 1.82) is 0 Å². The van der Waals surface area contributed by atoms with Gasteiger partial charge in [0.15, 0.2) is 0 Å². The molecule has 0 radical (unpaired) electrons. The maximum Gasteiger partial charge on any atom is 0.258 e. The van der Waals surface area contributed by atoms with E-state index in [9.17, 15) is 4.79 Å². The first-order valence-corrected chi connectivity index (χ1v) is 6.47. The van der Waals surface area contributed by atoms with Gasteiger partial charge in [-0.2, -0.15) is 0 Å². The second-order valence-corrected chi connectivity index (χ2v) is 5.12. The van der Waals surface area contributed by atoms with Crippen LogP contribution in [0.25, 0.3) is 0 Å². The Morgan fingerprint density at radius 2 is 1.56 bits per heavy atom. The summed E-state index contributed by atoms with van der Waals surface area (Å²) < 4.78 is 1.00. The molecule has 0 aliphatic rings. The summed E-state index contributed by atoms with van der Waals surface area (Å²) in [6, 6.07) is 15.3. The minimum atomic E-state index is -0.00248. The van der Waals surface area contributed by atoms with Gasteiger partial charge in [0, 0.05) is 22.8 Å². The van der Waals surface area contributed by atoms with Crippen LogP contribution in [0.2, 0.25) is 0 Å². The third-order valence-corrected chi connectivity index (χ3v) is 3.35. The van der Waals surface area contributed by atoms with Crippen LogP contribution in [0.15, 0.2) is 53.0 Å². The Kier molecular flexibility index (Phi) is 3.82. The topological polar surface area (TPSA) is 20.3 Å². The van der Waals surface area contributed by atoms with Gasteiger partial charge in [-0.25, -0.2) is 0 Å². The number of amides is 1. The number of nitrogens with zero attached hydrogens (tertiary/aromatic N) is 1. The first-order valence-electron chi connectivity index (χ1n) is 5.68. The monoisotopic (exact) mass is 303 g/mol. The zero-order valence-electron chi connectivity index (χ0n) is 10.4. The molecule has 0 unspecified atom stereocenters. The molecule has 2 aromatic carbocycles. The third kappa shape index (κ3) is 2.79. The quantitative estimate of drug-likeness (QED) is 0.820. The zero-order valence-corrected chi connectivity index (χ0v) is 11.9. The van der Waals surface area contributed by atoms with Crippen LogP contribution < -0.4 is 4.90 Å². The number of halogens is 1. The van der Waals surface area contributed by atoms with Crippen LogP contribution in [0.1, 0.15) is 15.9 Å². The van der Waals surface area contributed by atoms with Gasteiger partial charge in [0.05, 0.1) is 0 Å². The van der Waals surface area contributed by atoms with E-state index in [2.05, 4.69) is 15.9 Å². The van der Waals surface area contributed by atoms with Gasteiger partial charge < -0.3 is 4.90 Å². The largest absolute Gasteiger partial charge is 0.311 e. The molecule has 0 aromatic heterocycles. The van der Waals surface area contributed by atoms with Crippen molar-refractivity contribution >= 4 is 27.5 Å². The summed E-state index contributed by atoms with van der Waals surface area (Å²) in [5.41, 5.74) is 2.73. The normalized spacial score (nSPS) is 10.2. The summed E-state index contributed by atoms with van der Waals surface area (Å²) in [7, 11) is 1.78. The molecule has 0 aliphatic carbocycles. The zero-order chi connectivity index (χ0) is 13.1. The standard InChI is InChI=1S/C15H14BrNO/c1-11-3-5-12(6-4-11)15(18)17(2)14-9-7-13(16)8-10-14/h3-10H,1-2H3. The van der Waals surface area contributed by atoms with Crippen LogP contribution in [0, 0.1) is 6.92 Å². The fourth-order valence-electron chi connectivity index (χ4n) is 1.67. The smallest absolute Gasteiger partial charge is 0.258 e. The average Bonchev–Trinajstić information content (AvgIpc) is 2.39. The van der Waals surface area contributed by atoms with Gasteiger partial charge >= 0.3 is 0 Å².